The Hall–Kier alpha value is -2.95. The lowest BCUT2D eigenvalue weighted by molar-refractivity contribution is 0.664. The molecule has 3 heterocycles. The molecule has 0 aliphatic carbocycles. The summed E-state index contributed by atoms with van der Waals surface area (Å²) in [5, 5.41) is 10.0. The Labute approximate surface area is 205 Å². The summed E-state index contributed by atoms with van der Waals surface area (Å²) in [6.07, 6.45) is 0. The van der Waals surface area contributed by atoms with E-state index in [1.165, 1.54) is 22.8 Å². The van der Waals surface area contributed by atoms with E-state index < -0.39 is 0 Å². The highest BCUT2D eigenvalue weighted by molar-refractivity contribution is 6.00. The molecule has 3 rings (SSSR count). The van der Waals surface area contributed by atoms with E-state index in [1.807, 2.05) is 32.0 Å². The van der Waals surface area contributed by atoms with Crippen molar-refractivity contribution in [3.05, 3.63) is 76.6 Å². The molecular weight excluding hydrogens is 418 g/mol. The van der Waals surface area contributed by atoms with Gasteiger partial charge in [-0.2, -0.15) is 10.2 Å². The summed E-state index contributed by atoms with van der Waals surface area (Å²) in [4.78, 5) is 4.94. The topological polar surface area (TPSA) is 47.5 Å². The maximum Gasteiger partial charge on any atom is 0.0867 e. The number of pyridine rings is 1. The Morgan fingerprint density at radius 2 is 0.853 bits per heavy atom. The average Bonchev–Trinajstić information content (AvgIpc) is 3.38. The van der Waals surface area contributed by atoms with Gasteiger partial charge in [0, 0.05) is 22.8 Å². The summed E-state index contributed by atoms with van der Waals surface area (Å²) in [7, 11) is 0. The van der Waals surface area contributed by atoms with Gasteiger partial charge in [0.2, 0.25) is 0 Å². The fraction of sp³-hybridized carbons (Fsp3) is 0.483. The maximum atomic E-state index is 5.01. The molecule has 0 N–H and O–H groups in total. The molecule has 0 saturated carbocycles. The molecule has 3 aromatic rings. The van der Waals surface area contributed by atoms with Crippen molar-refractivity contribution in [1.29, 1.82) is 0 Å². The molecule has 0 atom stereocenters. The molecule has 0 fully saturated rings. The lowest BCUT2D eigenvalue weighted by Gasteiger charge is -2.15. The number of nitrogens with zero attached hydrogens (tertiary/aromatic N) is 5. The predicted octanol–water partition coefficient (Wildman–Crippen LogP) is 7.72. The van der Waals surface area contributed by atoms with Crippen molar-refractivity contribution in [3.8, 4) is 0 Å². The van der Waals surface area contributed by atoms with E-state index in [4.69, 9.17) is 15.2 Å². The molecule has 182 valence electrons. The van der Waals surface area contributed by atoms with Crippen LogP contribution in [0.2, 0.25) is 0 Å². The molecular formula is C29H41N5. The Morgan fingerprint density at radius 1 is 0.559 bits per heavy atom. The smallest absolute Gasteiger partial charge is 0.0867 e. The van der Waals surface area contributed by atoms with E-state index in [-0.39, 0.29) is 0 Å². The largest absolute Gasteiger partial charge is 0.245 e. The third kappa shape index (κ3) is 5.40. The summed E-state index contributed by atoms with van der Waals surface area (Å²) in [5.41, 5.74) is 8.37. The van der Waals surface area contributed by atoms with Gasteiger partial charge in [0.25, 0.3) is 0 Å². The Bertz CT molecular complexity index is 1040. The lowest BCUT2D eigenvalue weighted by Crippen LogP contribution is -2.12. The second-order valence-electron chi connectivity index (χ2n) is 10.4. The molecule has 0 radical (unpaired) electrons. The standard InChI is InChI=1S/C29H41N5/c1-18(2)26-14-15-27(19(3)4)33(26)31-22(9)24-12-11-13-25(30-24)23(10)32-34-28(20(5)6)16-17-29(34)21(7)8/h11-21H,1-10H3/b31-22+,32-23+. The fourth-order valence-electron chi connectivity index (χ4n) is 4.14. The zero-order chi connectivity index (χ0) is 25.2. The minimum absolute atomic E-state index is 0.393. The van der Waals surface area contributed by atoms with E-state index in [0.717, 1.165) is 22.8 Å². The highest BCUT2D eigenvalue weighted by Gasteiger charge is 2.16. The highest BCUT2D eigenvalue weighted by Crippen LogP contribution is 2.25. The van der Waals surface area contributed by atoms with Gasteiger partial charge in [-0.1, -0.05) is 61.5 Å². The van der Waals surface area contributed by atoms with Crippen molar-refractivity contribution in [2.75, 3.05) is 0 Å². The zero-order valence-corrected chi connectivity index (χ0v) is 22.6. The normalized spacial score (nSPS) is 13.2. The van der Waals surface area contributed by atoms with Crippen LogP contribution in [0.5, 0.6) is 0 Å². The lowest BCUT2D eigenvalue weighted by atomic mass is 10.1. The second-order valence-corrected chi connectivity index (χ2v) is 10.4. The number of hydrogen-bond donors (Lipinski definition) is 0. The third-order valence-corrected chi connectivity index (χ3v) is 6.18. The first kappa shape index (κ1) is 25.7. The fourth-order valence-corrected chi connectivity index (χ4v) is 4.14. The van der Waals surface area contributed by atoms with Crippen molar-refractivity contribution in [3.63, 3.8) is 0 Å². The highest BCUT2D eigenvalue weighted by atomic mass is 15.4. The van der Waals surface area contributed by atoms with E-state index in [0.29, 0.717) is 23.7 Å². The van der Waals surface area contributed by atoms with Crippen molar-refractivity contribution >= 4 is 11.4 Å². The van der Waals surface area contributed by atoms with Crippen molar-refractivity contribution < 1.29 is 0 Å². The Balaban J connectivity index is 2.03. The number of rotatable bonds is 8. The van der Waals surface area contributed by atoms with Crippen LogP contribution in [0.3, 0.4) is 0 Å². The van der Waals surface area contributed by atoms with Gasteiger partial charge in [0.05, 0.1) is 22.8 Å². The molecule has 34 heavy (non-hydrogen) atoms. The van der Waals surface area contributed by atoms with Gasteiger partial charge in [-0.3, -0.25) is 0 Å². The Kier molecular flexibility index (Phi) is 7.96. The number of aromatic nitrogens is 3. The van der Waals surface area contributed by atoms with Crippen LogP contribution in [0.25, 0.3) is 0 Å². The first-order valence-electron chi connectivity index (χ1n) is 12.5. The molecule has 5 heteroatoms. The monoisotopic (exact) mass is 459 g/mol. The second kappa shape index (κ2) is 10.5. The molecule has 5 nitrogen and oxygen atoms in total. The molecule has 0 aliphatic rings. The van der Waals surface area contributed by atoms with Gasteiger partial charge in [-0.25, -0.2) is 14.3 Å². The van der Waals surface area contributed by atoms with Gasteiger partial charge < -0.3 is 0 Å². The summed E-state index contributed by atoms with van der Waals surface area (Å²) in [5.74, 6) is 1.57. The third-order valence-electron chi connectivity index (χ3n) is 6.18. The minimum Gasteiger partial charge on any atom is -0.245 e. The Morgan fingerprint density at radius 3 is 1.12 bits per heavy atom. The summed E-state index contributed by atoms with van der Waals surface area (Å²) in [6.45, 7) is 21.7. The molecule has 0 spiro atoms. The molecule has 0 aromatic carbocycles. The summed E-state index contributed by atoms with van der Waals surface area (Å²) >= 11 is 0. The van der Waals surface area contributed by atoms with E-state index in [9.17, 15) is 0 Å². The SMILES string of the molecule is C/C(=N\n1c(C(C)C)ccc1C(C)C)c1cccc(/C(C)=N/n2c(C(C)C)ccc2C(C)C)n1. The van der Waals surface area contributed by atoms with Gasteiger partial charge in [0.1, 0.15) is 0 Å². The van der Waals surface area contributed by atoms with E-state index in [1.54, 1.807) is 0 Å². The van der Waals surface area contributed by atoms with Crippen LogP contribution in [0.4, 0.5) is 0 Å². The van der Waals surface area contributed by atoms with Crippen LogP contribution in [0.15, 0.2) is 52.7 Å². The molecule has 0 bridgehead atoms. The van der Waals surface area contributed by atoms with Crippen LogP contribution in [-0.4, -0.2) is 25.8 Å². The van der Waals surface area contributed by atoms with Crippen molar-refractivity contribution in [1.82, 2.24) is 14.3 Å². The molecule has 0 aliphatic heterocycles. The summed E-state index contributed by atoms with van der Waals surface area (Å²) in [6, 6.07) is 14.8. The van der Waals surface area contributed by atoms with Crippen LogP contribution in [-0.2, 0) is 0 Å². The molecule has 3 aromatic heterocycles. The van der Waals surface area contributed by atoms with Crippen molar-refractivity contribution in [2.45, 2.75) is 92.9 Å². The van der Waals surface area contributed by atoms with Gasteiger partial charge >= 0.3 is 0 Å². The van der Waals surface area contributed by atoms with E-state index >= 15 is 0 Å². The van der Waals surface area contributed by atoms with Crippen LogP contribution in [0.1, 0.15) is 127 Å². The van der Waals surface area contributed by atoms with Gasteiger partial charge in [0.15, 0.2) is 0 Å². The van der Waals surface area contributed by atoms with Gasteiger partial charge in [-0.05, 0) is 73.9 Å². The average molecular weight is 460 g/mol. The first-order valence-corrected chi connectivity index (χ1v) is 12.5. The van der Waals surface area contributed by atoms with E-state index in [2.05, 4.69) is 89.0 Å². The zero-order valence-electron chi connectivity index (χ0n) is 22.6. The quantitative estimate of drug-likeness (QED) is 0.318. The molecule has 0 unspecified atom stereocenters. The predicted molar refractivity (Wildman–Crippen MR) is 145 cm³/mol. The van der Waals surface area contributed by atoms with Crippen LogP contribution >= 0.6 is 0 Å². The minimum atomic E-state index is 0.393. The van der Waals surface area contributed by atoms with Crippen LogP contribution < -0.4 is 0 Å². The summed E-state index contributed by atoms with van der Waals surface area (Å²) < 4.78 is 4.20. The maximum absolute atomic E-state index is 5.01. The molecule has 0 saturated heterocycles. The van der Waals surface area contributed by atoms with Gasteiger partial charge in [-0.15, -0.1) is 0 Å². The first-order chi connectivity index (χ1) is 16.0. The molecule has 0 amide bonds. The van der Waals surface area contributed by atoms with Crippen LogP contribution in [0, 0.1) is 0 Å². The van der Waals surface area contributed by atoms with Crippen molar-refractivity contribution in [2.24, 2.45) is 10.2 Å². The number of hydrogen-bond acceptors (Lipinski definition) is 3.